The number of pyridine rings is 1. The minimum atomic E-state index is -5.25. The number of aliphatic hydroxyl groups excluding tert-OH is 1. The predicted molar refractivity (Wildman–Crippen MR) is 271 cm³/mol. The molecule has 0 radical (unpaired) electrons. The number of likely N-dealkylation sites (tertiary alicyclic amines) is 1. The van der Waals surface area contributed by atoms with Gasteiger partial charge in [-0.3, -0.25) is 24.1 Å². The molecule has 3 atom stereocenters. The molecule has 2 aliphatic heterocycles. The number of amides is 4. The summed E-state index contributed by atoms with van der Waals surface area (Å²) in [6, 6.07) is 15.9. The lowest BCUT2D eigenvalue weighted by Gasteiger charge is -2.35. The molecule has 2 saturated heterocycles. The minimum Gasteiger partial charge on any atom is -0.491 e. The van der Waals surface area contributed by atoms with Crippen molar-refractivity contribution in [3.8, 4) is 28.1 Å². The molecule has 3 aromatic carbocycles. The molecule has 2 aromatic heterocycles. The van der Waals surface area contributed by atoms with Gasteiger partial charge < -0.3 is 39.8 Å². The van der Waals surface area contributed by atoms with Crippen LogP contribution in [0, 0.1) is 35.3 Å². The smallest absolute Gasteiger partial charge is 0.420 e. The number of rotatable bonds is 18. The molecule has 0 saturated carbocycles. The Morgan fingerprint density at radius 2 is 1.69 bits per heavy atom. The van der Waals surface area contributed by atoms with E-state index in [9.17, 15) is 37.5 Å². The molecule has 2 fully saturated rings. The number of nitrogens with zero attached hydrogens (tertiary/aromatic N) is 6. The second-order valence-corrected chi connectivity index (χ2v) is 20.5. The molecule has 0 aliphatic carbocycles. The Morgan fingerprint density at radius 1 is 0.987 bits per heavy atom. The van der Waals surface area contributed by atoms with Gasteiger partial charge in [-0.25, -0.2) is 18.7 Å². The van der Waals surface area contributed by atoms with Crippen LogP contribution in [0.3, 0.4) is 0 Å². The lowest BCUT2D eigenvalue weighted by molar-refractivity contribution is -0.142. The van der Waals surface area contributed by atoms with E-state index >= 15 is 8.78 Å². The summed E-state index contributed by atoms with van der Waals surface area (Å²) in [6.07, 6.45) is -4.68. The summed E-state index contributed by atoms with van der Waals surface area (Å²) in [5.74, 6) is -5.12. The van der Waals surface area contributed by atoms with Crippen molar-refractivity contribution in [2.75, 3.05) is 42.8 Å². The number of aliphatic hydroxyl groups is 1. The number of carbonyl (C=O) groups is 4. The van der Waals surface area contributed by atoms with Crippen molar-refractivity contribution >= 4 is 63.7 Å². The van der Waals surface area contributed by atoms with Crippen LogP contribution in [0.2, 0.25) is 0 Å². The molecule has 75 heavy (non-hydrogen) atoms. The van der Waals surface area contributed by atoms with Gasteiger partial charge in [0.1, 0.15) is 35.5 Å². The van der Waals surface area contributed by atoms with Gasteiger partial charge in [-0.05, 0) is 85.9 Å². The van der Waals surface area contributed by atoms with Gasteiger partial charge in [-0.15, -0.1) is 11.3 Å². The van der Waals surface area contributed by atoms with E-state index < -0.39 is 98.4 Å². The van der Waals surface area contributed by atoms with Gasteiger partial charge in [0.15, 0.2) is 16.7 Å². The Kier molecular flexibility index (Phi) is 16.9. The van der Waals surface area contributed by atoms with Gasteiger partial charge in [0.25, 0.3) is 17.7 Å². The number of hydrogen-bond acceptors (Lipinski definition) is 13. The van der Waals surface area contributed by atoms with Crippen LogP contribution in [0.4, 0.5) is 33.3 Å². The first-order chi connectivity index (χ1) is 35.4. The number of halogens is 5. The van der Waals surface area contributed by atoms with Crippen LogP contribution in [-0.2, 0) is 31.8 Å². The molecule has 0 unspecified atom stereocenters. The quantitative estimate of drug-likeness (QED) is 0.0435. The van der Waals surface area contributed by atoms with Crippen molar-refractivity contribution < 1.29 is 60.4 Å². The molecule has 3 N–H and O–H groups in total. The van der Waals surface area contributed by atoms with E-state index in [1.165, 1.54) is 36.9 Å². The van der Waals surface area contributed by atoms with Crippen molar-refractivity contribution in [2.24, 2.45) is 5.41 Å². The van der Waals surface area contributed by atoms with Crippen LogP contribution >= 0.6 is 23.6 Å². The van der Waals surface area contributed by atoms with Gasteiger partial charge >= 0.3 is 6.18 Å². The first-order valence-corrected chi connectivity index (χ1v) is 24.8. The van der Waals surface area contributed by atoms with Gasteiger partial charge in [0.2, 0.25) is 11.8 Å². The average molecular weight is 1080 g/mol. The highest BCUT2D eigenvalue weighted by Crippen LogP contribution is 2.42. The van der Waals surface area contributed by atoms with Crippen molar-refractivity contribution in [1.82, 2.24) is 25.5 Å². The van der Waals surface area contributed by atoms with E-state index in [1.807, 2.05) is 31.2 Å². The third-order valence-electron chi connectivity index (χ3n) is 12.5. The summed E-state index contributed by atoms with van der Waals surface area (Å²) in [5.41, 5.74) is -1.27. The Labute approximate surface area is 438 Å². The topological polar surface area (TPSA) is 200 Å². The Balaban J connectivity index is 0.844. The Morgan fingerprint density at radius 3 is 2.32 bits per heavy atom. The number of alkyl halides is 3. The standard InChI is InChI=1S/C52H53F5N8O8S2/c1-29-42(75-28-61-29)31-10-8-30(9-11-31)25-59-45(68)39-23-35(66)27-63(39)47(69)43(50(2,3)4)62-44(67)32-12-15-36(16-13-32)72-21-20-71-18-7-19-73-46-37(53)22-34(26-60-46)65-49(74)64(48(70)51(65,5)6)38-17-14-33(24-58)40(41(38)54)52(55,56)57/h8-17,22,26,28,35,39,43,66H,7,18-21,23,25,27H2,1-6H3,(H,59,68)(H,62,67)/t35-,39+,43-/m1/s1. The number of thiazole rings is 1. The Hall–Kier alpha value is -7.13. The fourth-order valence-electron chi connectivity index (χ4n) is 8.54. The molecule has 16 nitrogen and oxygen atoms in total. The van der Waals surface area contributed by atoms with Crippen LogP contribution in [-0.4, -0.2) is 105 Å². The first kappa shape index (κ1) is 55.6. The molecule has 2 aliphatic rings. The minimum absolute atomic E-state index is 0.0184. The van der Waals surface area contributed by atoms with E-state index in [-0.39, 0.29) is 57.2 Å². The van der Waals surface area contributed by atoms with E-state index in [4.69, 9.17) is 31.7 Å². The summed E-state index contributed by atoms with van der Waals surface area (Å²) in [5, 5.41) is 25.1. The monoisotopic (exact) mass is 1080 g/mol. The summed E-state index contributed by atoms with van der Waals surface area (Å²) in [4.78, 5) is 67.0. The summed E-state index contributed by atoms with van der Waals surface area (Å²) in [6.45, 7) is 10.7. The number of anilines is 2. The highest BCUT2D eigenvalue weighted by molar-refractivity contribution is 7.81. The second kappa shape index (κ2) is 22.8. The molecule has 5 aromatic rings. The van der Waals surface area contributed by atoms with Crippen LogP contribution < -0.4 is 29.9 Å². The van der Waals surface area contributed by atoms with Crippen molar-refractivity contribution in [3.63, 3.8) is 0 Å². The lowest BCUT2D eigenvalue weighted by atomic mass is 9.85. The van der Waals surface area contributed by atoms with E-state index in [0.29, 0.717) is 17.1 Å². The number of aromatic nitrogens is 2. The Bertz CT molecular complexity index is 3000. The van der Waals surface area contributed by atoms with Crippen LogP contribution in [0.1, 0.15) is 80.2 Å². The largest absolute Gasteiger partial charge is 0.491 e. The number of hydrogen-bond donors (Lipinski definition) is 3. The fourth-order valence-corrected chi connectivity index (χ4v) is 9.87. The number of thiocarbonyl (C=S) groups is 1. The molecule has 23 heteroatoms. The zero-order chi connectivity index (χ0) is 54.6. The van der Waals surface area contributed by atoms with Crippen LogP contribution in [0.5, 0.6) is 11.6 Å². The van der Waals surface area contributed by atoms with E-state index in [0.717, 1.165) is 51.0 Å². The van der Waals surface area contributed by atoms with E-state index in [2.05, 4.69) is 20.6 Å². The first-order valence-electron chi connectivity index (χ1n) is 23.6. The third kappa shape index (κ3) is 12.4. The molecular weight excluding hydrogens is 1020 g/mol. The number of carbonyl (C=O) groups excluding carboxylic acids is 4. The summed E-state index contributed by atoms with van der Waals surface area (Å²) >= 11 is 6.96. The number of ether oxygens (including phenoxy) is 3. The van der Waals surface area contributed by atoms with Gasteiger partial charge in [-0.2, -0.15) is 18.4 Å². The molecule has 0 bridgehead atoms. The SMILES string of the molecule is Cc1ncsc1-c1ccc(CNC(=O)[C@@H]2C[C@@H](O)CN2C(=O)[C@@H](NC(=O)c2ccc(OCCOCCCOc3ncc(N4C(=S)N(c5ccc(C#N)c(C(F)(F)F)c5F)C(=O)C4(C)C)cc3F)cc2)C(C)(C)C)cc1. The highest BCUT2D eigenvalue weighted by Gasteiger charge is 2.52. The normalized spacial score (nSPS) is 17.0. The van der Waals surface area contributed by atoms with Gasteiger partial charge in [0.05, 0.1) is 64.6 Å². The fraction of sp³-hybridized carbons (Fsp3) is 0.385. The maximum atomic E-state index is 15.4. The molecular formula is C52H53F5N8O8S2. The molecule has 0 spiro atoms. The summed E-state index contributed by atoms with van der Waals surface area (Å²) in [7, 11) is 0. The molecule has 7 rings (SSSR count). The molecule has 4 heterocycles. The molecule has 396 valence electrons. The highest BCUT2D eigenvalue weighted by atomic mass is 32.1. The maximum absolute atomic E-state index is 15.4. The van der Waals surface area contributed by atoms with Crippen molar-refractivity contribution in [3.05, 3.63) is 118 Å². The average Bonchev–Trinajstić information content (AvgIpc) is 4.02. The number of nitrogens with one attached hydrogen (secondary N) is 2. The lowest BCUT2D eigenvalue weighted by Crippen LogP contribution is -2.57. The number of aryl methyl sites for hydroxylation is 1. The predicted octanol–water partition coefficient (Wildman–Crippen LogP) is 7.89. The summed E-state index contributed by atoms with van der Waals surface area (Å²) < 4.78 is 88.7. The van der Waals surface area contributed by atoms with Crippen LogP contribution in [0.15, 0.2) is 78.4 Å². The van der Waals surface area contributed by atoms with Crippen molar-refractivity contribution in [1.29, 1.82) is 5.26 Å². The number of nitriles is 1. The zero-order valence-electron chi connectivity index (χ0n) is 41.6. The number of β-amino-alcohol motifs (C(OH)–C–C–N with tert-alkyl or cyclic N) is 1. The van der Waals surface area contributed by atoms with Crippen LogP contribution in [0.25, 0.3) is 10.4 Å². The molecule has 4 amide bonds. The second-order valence-electron chi connectivity index (χ2n) is 19.3. The van der Waals surface area contributed by atoms with E-state index in [1.54, 1.807) is 49.8 Å². The third-order valence-corrected chi connectivity index (χ3v) is 13.8. The number of benzene rings is 3. The maximum Gasteiger partial charge on any atom is 0.420 e. The zero-order valence-corrected chi connectivity index (χ0v) is 43.2. The van der Waals surface area contributed by atoms with Crippen molar-refractivity contribution in [2.45, 2.75) is 90.8 Å². The van der Waals surface area contributed by atoms with Gasteiger partial charge in [0, 0.05) is 44.2 Å². The van der Waals surface area contributed by atoms with Gasteiger partial charge in [-0.1, -0.05) is 45.0 Å².